The van der Waals surface area contributed by atoms with E-state index in [0.717, 1.165) is 12.1 Å². The zero-order chi connectivity index (χ0) is 32.4. The summed E-state index contributed by atoms with van der Waals surface area (Å²) in [4.78, 5) is 32.2. The molecule has 4 rings (SSSR count). The van der Waals surface area contributed by atoms with Crippen LogP contribution in [0.4, 0.5) is 43.8 Å². The summed E-state index contributed by atoms with van der Waals surface area (Å²) in [6.45, 7) is 4.60. The molecule has 2 amide bonds. The number of ether oxygens (including phenoxy) is 3. The number of aromatic nitrogens is 1. The molecule has 1 aliphatic heterocycles. The third kappa shape index (κ3) is 7.56. The first-order chi connectivity index (χ1) is 20.6. The van der Waals surface area contributed by atoms with Crippen molar-refractivity contribution in [3.05, 3.63) is 75.4 Å². The van der Waals surface area contributed by atoms with Crippen LogP contribution in [0.25, 0.3) is 0 Å². The Balaban J connectivity index is 1.70. The van der Waals surface area contributed by atoms with Crippen LogP contribution in [0, 0.1) is 11.6 Å². The molecule has 1 N–H and O–H groups in total. The summed E-state index contributed by atoms with van der Waals surface area (Å²) in [5.41, 5.74) is -2.23. The lowest BCUT2D eigenvalue weighted by molar-refractivity contribution is -0.139. The Bertz CT molecular complexity index is 1560. The van der Waals surface area contributed by atoms with E-state index in [0.29, 0.717) is 12.1 Å². The molecular formula is C29H28BrF5N4O5. The Morgan fingerprint density at radius 3 is 2.36 bits per heavy atom. The van der Waals surface area contributed by atoms with Crippen molar-refractivity contribution in [2.24, 2.45) is 0 Å². The number of amides is 2. The van der Waals surface area contributed by atoms with Crippen molar-refractivity contribution in [1.29, 1.82) is 0 Å². The highest BCUT2D eigenvalue weighted by Crippen LogP contribution is 2.43. The monoisotopic (exact) mass is 686 g/mol. The maximum atomic E-state index is 14.7. The van der Waals surface area contributed by atoms with Gasteiger partial charge in [0, 0.05) is 23.9 Å². The molecule has 0 saturated carbocycles. The first kappa shape index (κ1) is 32.9. The third-order valence-electron chi connectivity index (χ3n) is 6.25. The van der Waals surface area contributed by atoms with Gasteiger partial charge in [-0.3, -0.25) is 9.69 Å². The second kappa shape index (κ2) is 12.9. The summed E-state index contributed by atoms with van der Waals surface area (Å²) in [7, 11) is 1.39. The number of rotatable bonds is 8. The Hall–Kier alpha value is -3.98. The van der Waals surface area contributed by atoms with E-state index in [2.05, 4.69) is 26.2 Å². The number of benzene rings is 2. The van der Waals surface area contributed by atoms with E-state index in [9.17, 15) is 31.5 Å². The van der Waals surface area contributed by atoms with Gasteiger partial charge in [0.25, 0.3) is 5.91 Å². The summed E-state index contributed by atoms with van der Waals surface area (Å²) in [5.74, 6) is -2.84. The lowest BCUT2D eigenvalue weighted by Crippen LogP contribution is -2.45. The predicted molar refractivity (Wildman–Crippen MR) is 154 cm³/mol. The van der Waals surface area contributed by atoms with Crippen LogP contribution in [0.3, 0.4) is 0 Å². The van der Waals surface area contributed by atoms with Crippen LogP contribution in [-0.2, 0) is 22.3 Å². The lowest BCUT2D eigenvalue weighted by atomic mass is 10.0. The number of carbonyl (C=O) groups excluding carboxylic acids is 2. The van der Waals surface area contributed by atoms with E-state index in [-0.39, 0.29) is 65.1 Å². The van der Waals surface area contributed by atoms with Gasteiger partial charge in [0.2, 0.25) is 5.88 Å². The number of nitrogens with one attached hydrogen (secondary N) is 1. The van der Waals surface area contributed by atoms with Crippen molar-refractivity contribution >= 4 is 45.0 Å². The molecule has 2 aromatic carbocycles. The zero-order valence-electron chi connectivity index (χ0n) is 24.0. The quantitative estimate of drug-likeness (QED) is 0.156. The van der Waals surface area contributed by atoms with Crippen molar-refractivity contribution in [1.82, 2.24) is 10.3 Å². The summed E-state index contributed by atoms with van der Waals surface area (Å²) in [6.07, 6.45) is -5.71. The summed E-state index contributed by atoms with van der Waals surface area (Å²) < 4.78 is 86.5. The van der Waals surface area contributed by atoms with Crippen LogP contribution in [0.2, 0.25) is 0 Å². The first-order valence-electron chi connectivity index (χ1n) is 13.1. The van der Waals surface area contributed by atoms with Gasteiger partial charge in [0.05, 0.1) is 42.8 Å². The molecule has 0 spiro atoms. The molecule has 0 aliphatic carbocycles. The van der Waals surface area contributed by atoms with Gasteiger partial charge in [-0.05, 0) is 73.1 Å². The maximum Gasteiger partial charge on any atom is 0.419 e. The van der Waals surface area contributed by atoms with Crippen LogP contribution in [0.1, 0.15) is 42.3 Å². The molecule has 0 saturated heterocycles. The Morgan fingerprint density at radius 2 is 1.73 bits per heavy atom. The lowest BCUT2D eigenvalue weighted by Gasteiger charge is -2.39. The number of nitrogens with zero attached hydrogens (tertiary/aromatic N) is 3. The van der Waals surface area contributed by atoms with Gasteiger partial charge in [-0.15, -0.1) is 0 Å². The SMILES string of the molecule is COc1ccc(N2CN(c3ccc(F)cc3COCCNC(=O)OC(C)(C)C)c3cc(C(F)(F)F)c(F)cc3C2=O)c(Br)n1. The number of alkyl carbamates (subject to hydrolysis) is 1. The number of pyridine rings is 1. The summed E-state index contributed by atoms with van der Waals surface area (Å²) >= 11 is 3.28. The van der Waals surface area contributed by atoms with Gasteiger partial charge in [-0.2, -0.15) is 13.2 Å². The van der Waals surface area contributed by atoms with E-state index in [1.807, 2.05) is 0 Å². The number of fused-ring (bicyclic) bond motifs is 1. The van der Waals surface area contributed by atoms with Crippen LogP contribution >= 0.6 is 15.9 Å². The van der Waals surface area contributed by atoms with Crippen molar-refractivity contribution in [2.75, 3.05) is 36.7 Å². The average molecular weight is 687 g/mol. The number of hydrogen-bond donors (Lipinski definition) is 1. The molecule has 3 aromatic rings. The molecule has 2 heterocycles. The molecule has 0 fully saturated rings. The number of hydrogen-bond acceptors (Lipinski definition) is 7. The normalized spacial score (nSPS) is 13.5. The van der Waals surface area contributed by atoms with Crippen molar-refractivity contribution in [3.8, 4) is 5.88 Å². The van der Waals surface area contributed by atoms with Crippen LogP contribution < -0.4 is 19.9 Å². The molecule has 236 valence electrons. The fourth-order valence-corrected chi connectivity index (χ4v) is 4.89. The largest absolute Gasteiger partial charge is 0.481 e. The predicted octanol–water partition coefficient (Wildman–Crippen LogP) is 6.95. The summed E-state index contributed by atoms with van der Waals surface area (Å²) in [6, 6.07) is 7.63. The minimum atomic E-state index is -5.05. The molecule has 0 unspecified atom stereocenters. The molecule has 1 aromatic heterocycles. The molecule has 0 bridgehead atoms. The first-order valence-corrected chi connectivity index (χ1v) is 13.9. The molecule has 0 radical (unpaired) electrons. The van der Waals surface area contributed by atoms with Crippen LogP contribution in [0.15, 0.2) is 47.1 Å². The number of alkyl halides is 3. The average Bonchev–Trinajstić information content (AvgIpc) is 2.92. The highest BCUT2D eigenvalue weighted by atomic mass is 79.9. The number of carbonyl (C=O) groups is 2. The number of halogens is 6. The van der Waals surface area contributed by atoms with E-state index in [1.54, 1.807) is 20.8 Å². The smallest absolute Gasteiger partial charge is 0.419 e. The molecule has 44 heavy (non-hydrogen) atoms. The van der Waals surface area contributed by atoms with E-state index >= 15 is 0 Å². The van der Waals surface area contributed by atoms with E-state index in [4.69, 9.17) is 14.2 Å². The Kier molecular flexibility index (Phi) is 9.68. The van der Waals surface area contributed by atoms with Gasteiger partial charge in [-0.1, -0.05) is 0 Å². The fraction of sp³-hybridized carbons (Fsp3) is 0.345. The number of methoxy groups -OCH3 is 1. The highest BCUT2D eigenvalue weighted by molar-refractivity contribution is 9.10. The Labute approximate surface area is 258 Å². The van der Waals surface area contributed by atoms with Crippen molar-refractivity contribution < 1.29 is 45.8 Å². The fourth-order valence-electron chi connectivity index (χ4n) is 4.37. The van der Waals surface area contributed by atoms with Gasteiger partial charge in [0.1, 0.15) is 28.5 Å². The van der Waals surface area contributed by atoms with Crippen LogP contribution in [0.5, 0.6) is 5.88 Å². The molecule has 0 atom stereocenters. The molecule has 15 heteroatoms. The minimum absolute atomic E-state index is 0.00963. The second-order valence-electron chi connectivity index (χ2n) is 10.6. The van der Waals surface area contributed by atoms with Crippen molar-refractivity contribution in [3.63, 3.8) is 0 Å². The molecular weight excluding hydrogens is 659 g/mol. The maximum absolute atomic E-state index is 14.7. The standard InChI is InChI=1S/C29H28BrF5N4O5/c1-28(2,3)44-27(41)36-9-10-43-14-16-11-17(31)5-6-21(16)38-15-39(22-7-8-24(42-4)37-25(22)30)26(40)18-12-20(32)19(13-23(18)38)29(33,34)35/h5-8,11-13H,9-10,14-15H2,1-4H3,(H,36,41). The van der Waals surface area contributed by atoms with Gasteiger partial charge in [-0.25, -0.2) is 18.6 Å². The number of anilines is 3. The molecule has 1 aliphatic rings. The van der Waals surface area contributed by atoms with E-state index < -0.39 is 41.0 Å². The third-order valence-corrected chi connectivity index (χ3v) is 6.83. The van der Waals surface area contributed by atoms with Gasteiger partial charge >= 0.3 is 12.3 Å². The Morgan fingerprint density at radius 1 is 1.02 bits per heavy atom. The minimum Gasteiger partial charge on any atom is -0.481 e. The summed E-state index contributed by atoms with van der Waals surface area (Å²) in [5, 5.41) is 2.52. The molecule has 9 nitrogen and oxygen atoms in total. The van der Waals surface area contributed by atoms with Gasteiger partial charge in [0.15, 0.2) is 0 Å². The highest BCUT2D eigenvalue weighted by Gasteiger charge is 2.40. The van der Waals surface area contributed by atoms with E-state index in [1.165, 1.54) is 35.1 Å². The van der Waals surface area contributed by atoms with Crippen LogP contribution in [-0.4, -0.2) is 49.5 Å². The second-order valence-corrected chi connectivity index (χ2v) is 11.3. The van der Waals surface area contributed by atoms with Crippen molar-refractivity contribution in [2.45, 2.75) is 39.2 Å². The topological polar surface area (TPSA) is 93.2 Å². The van der Waals surface area contributed by atoms with Gasteiger partial charge < -0.3 is 24.4 Å². The zero-order valence-corrected chi connectivity index (χ0v) is 25.6.